The second-order valence-electron chi connectivity index (χ2n) is 7.24. The summed E-state index contributed by atoms with van der Waals surface area (Å²) in [7, 11) is 1.74. The molecule has 3 heterocycles. The molecule has 1 aliphatic heterocycles. The van der Waals surface area contributed by atoms with Gasteiger partial charge in [-0.3, -0.25) is 9.59 Å². The van der Waals surface area contributed by atoms with E-state index in [1.807, 2.05) is 53.6 Å². The van der Waals surface area contributed by atoms with Crippen molar-refractivity contribution in [2.75, 3.05) is 13.1 Å². The monoisotopic (exact) mass is 409 g/mol. The standard InChI is InChI=1S/C22H23N3O3S/c1-15-12-18(13-20(26)24(15)2)28-17-8-10-25(11-9-17)22(27)19-14-29-21(23-19)16-6-4-3-5-7-16/h3-7,12-14,17H,8-11H2,1-2H3. The molecule has 0 saturated carbocycles. The molecule has 1 aliphatic rings. The lowest BCUT2D eigenvalue weighted by atomic mass is 10.1. The maximum atomic E-state index is 12.8. The molecule has 0 atom stereocenters. The van der Waals surface area contributed by atoms with Gasteiger partial charge in [-0.1, -0.05) is 30.3 Å². The molecular weight excluding hydrogens is 386 g/mol. The number of hydrogen-bond donors (Lipinski definition) is 0. The summed E-state index contributed by atoms with van der Waals surface area (Å²) in [6, 6.07) is 13.3. The predicted octanol–water partition coefficient (Wildman–Crippen LogP) is 3.50. The van der Waals surface area contributed by atoms with Gasteiger partial charge >= 0.3 is 0 Å². The number of aryl methyl sites for hydroxylation is 1. The fraction of sp³-hybridized carbons (Fsp3) is 0.318. The number of benzene rings is 1. The average Bonchev–Trinajstić information content (AvgIpc) is 3.23. The first kappa shape index (κ1) is 19.4. The van der Waals surface area contributed by atoms with Gasteiger partial charge in [0.05, 0.1) is 0 Å². The van der Waals surface area contributed by atoms with Crippen LogP contribution in [0.1, 0.15) is 29.0 Å². The summed E-state index contributed by atoms with van der Waals surface area (Å²) in [6.45, 7) is 3.12. The van der Waals surface area contributed by atoms with Gasteiger partial charge in [0.1, 0.15) is 22.6 Å². The number of piperidine rings is 1. The number of pyridine rings is 1. The van der Waals surface area contributed by atoms with Crippen LogP contribution in [0.3, 0.4) is 0 Å². The highest BCUT2D eigenvalue weighted by Gasteiger charge is 2.26. The number of likely N-dealkylation sites (tertiary alicyclic amines) is 1. The summed E-state index contributed by atoms with van der Waals surface area (Å²) < 4.78 is 7.59. The van der Waals surface area contributed by atoms with Crippen molar-refractivity contribution in [3.63, 3.8) is 0 Å². The van der Waals surface area contributed by atoms with Gasteiger partial charge in [-0.2, -0.15) is 0 Å². The van der Waals surface area contributed by atoms with Crippen molar-refractivity contribution >= 4 is 17.2 Å². The van der Waals surface area contributed by atoms with E-state index in [1.54, 1.807) is 11.6 Å². The Bertz CT molecular complexity index is 1070. The molecule has 0 radical (unpaired) electrons. The molecule has 2 aromatic heterocycles. The van der Waals surface area contributed by atoms with Gasteiger partial charge in [-0.25, -0.2) is 4.98 Å². The molecule has 0 bridgehead atoms. The maximum Gasteiger partial charge on any atom is 0.273 e. The Kier molecular flexibility index (Phi) is 5.49. The lowest BCUT2D eigenvalue weighted by Crippen LogP contribution is -2.42. The Balaban J connectivity index is 1.37. The molecule has 0 N–H and O–H groups in total. The molecule has 1 fully saturated rings. The van der Waals surface area contributed by atoms with Crippen molar-refractivity contribution in [3.8, 4) is 16.3 Å². The van der Waals surface area contributed by atoms with Crippen molar-refractivity contribution in [2.45, 2.75) is 25.9 Å². The van der Waals surface area contributed by atoms with E-state index in [0.717, 1.165) is 29.1 Å². The Morgan fingerprint density at radius 1 is 1.17 bits per heavy atom. The minimum Gasteiger partial charge on any atom is -0.490 e. The van der Waals surface area contributed by atoms with Crippen LogP contribution in [0.15, 0.2) is 52.6 Å². The van der Waals surface area contributed by atoms with E-state index in [2.05, 4.69) is 4.98 Å². The first-order valence-electron chi connectivity index (χ1n) is 9.66. The minimum atomic E-state index is -0.0784. The van der Waals surface area contributed by atoms with Gasteiger partial charge in [-0.05, 0) is 13.0 Å². The zero-order valence-electron chi connectivity index (χ0n) is 16.5. The molecule has 150 valence electrons. The number of hydrogen-bond acceptors (Lipinski definition) is 5. The van der Waals surface area contributed by atoms with E-state index in [4.69, 9.17) is 4.74 Å². The quantitative estimate of drug-likeness (QED) is 0.662. The maximum absolute atomic E-state index is 12.8. The Hall–Kier alpha value is -2.93. The molecule has 6 nitrogen and oxygen atoms in total. The largest absolute Gasteiger partial charge is 0.490 e. The van der Waals surface area contributed by atoms with Crippen LogP contribution < -0.4 is 10.3 Å². The van der Waals surface area contributed by atoms with Crippen LogP contribution in [-0.4, -0.2) is 39.6 Å². The van der Waals surface area contributed by atoms with Gasteiger partial charge in [0.25, 0.3) is 11.5 Å². The normalized spacial score (nSPS) is 14.8. The zero-order chi connectivity index (χ0) is 20.4. The van der Waals surface area contributed by atoms with Crippen LogP contribution in [0.25, 0.3) is 10.6 Å². The number of amides is 1. The summed E-state index contributed by atoms with van der Waals surface area (Å²) in [6.07, 6.45) is 1.46. The van der Waals surface area contributed by atoms with Gasteiger partial charge in [0, 0.05) is 55.7 Å². The summed E-state index contributed by atoms with van der Waals surface area (Å²) in [5.41, 5.74) is 2.30. The third kappa shape index (κ3) is 4.24. The Morgan fingerprint density at radius 2 is 1.90 bits per heavy atom. The zero-order valence-corrected chi connectivity index (χ0v) is 17.3. The smallest absolute Gasteiger partial charge is 0.273 e. The molecule has 3 aromatic rings. The van der Waals surface area contributed by atoms with E-state index in [0.29, 0.717) is 24.5 Å². The van der Waals surface area contributed by atoms with Gasteiger partial charge in [-0.15, -0.1) is 11.3 Å². The molecular formula is C22H23N3O3S. The molecule has 4 rings (SSSR count). The van der Waals surface area contributed by atoms with Crippen LogP contribution in [0.4, 0.5) is 0 Å². The molecule has 1 amide bonds. The van der Waals surface area contributed by atoms with Gasteiger partial charge in [0.15, 0.2) is 0 Å². The predicted molar refractivity (Wildman–Crippen MR) is 114 cm³/mol. The topological polar surface area (TPSA) is 64.4 Å². The van der Waals surface area contributed by atoms with E-state index in [1.165, 1.54) is 17.4 Å². The molecule has 1 aromatic carbocycles. The third-order valence-electron chi connectivity index (χ3n) is 5.25. The second-order valence-corrected chi connectivity index (χ2v) is 8.10. The number of rotatable bonds is 4. The van der Waals surface area contributed by atoms with Crippen molar-refractivity contribution in [1.29, 1.82) is 0 Å². The van der Waals surface area contributed by atoms with Crippen molar-refractivity contribution in [1.82, 2.24) is 14.5 Å². The van der Waals surface area contributed by atoms with Crippen LogP contribution in [-0.2, 0) is 7.05 Å². The minimum absolute atomic E-state index is 0.000805. The van der Waals surface area contributed by atoms with Crippen LogP contribution in [0, 0.1) is 6.92 Å². The fourth-order valence-electron chi connectivity index (χ4n) is 3.42. The summed E-state index contributed by atoms with van der Waals surface area (Å²) >= 11 is 1.49. The molecule has 29 heavy (non-hydrogen) atoms. The van der Waals surface area contributed by atoms with Crippen molar-refractivity contribution in [2.24, 2.45) is 7.05 Å². The molecule has 0 spiro atoms. The average molecular weight is 410 g/mol. The number of aromatic nitrogens is 2. The Labute approximate surface area is 173 Å². The summed E-state index contributed by atoms with van der Waals surface area (Å²) in [4.78, 5) is 31.1. The second kappa shape index (κ2) is 8.21. The van der Waals surface area contributed by atoms with Crippen molar-refractivity contribution in [3.05, 3.63) is 69.6 Å². The van der Waals surface area contributed by atoms with Crippen molar-refractivity contribution < 1.29 is 9.53 Å². The number of ether oxygens (including phenoxy) is 1. The molecule has 7 heteroatoms. The van der Waals surface area contributed by atoms with Crippen LogP contribution in [0.5, 0.6) is 5.75 Å². The number of carbonyl (C=O) groups excluding carboxylic acids is 1. The molecule has 1 saturated heterocycles. The van der Waals surface area contributed by atoms with Gasteiger partial charge in [0.2, 0.25) is 0 Å². The lowest BCUT2D eigenvalue weighted by Gasteiger charge is -2.31. The number of nitrogens with zero attached hydrogens (tertiary/aromatic N) is 3. The highest BCUT2D eigenvalue weighted by molar-refractivity contribution is 7.13. The fourth-order valence-corrected chi connectivity index (χ4v) is 4.22. The Morgan fingerprint density at radius 3 is 2.59 bits per heavy atom. The lowest BCUT2D eigenvalue weighted by molar-refractivity contribution is 0.0590. The first-order valence-corrected chi connectivity index (χ1v) is 10.5. The third-order valence-corrected chi connectivity index (χ3v) is 6.14. The summed E-state index contributed by atoms with van der Waals surface area (Å²) in [5, 5.41) is 2.68. The highest BCUT2D eigenvalue weighted by Crippen LogP contribution is 2.25. The molecule has 0 aliphatic carbocycles. The van der Waals surface area contributed by atoms with E-state index in [9.17, 15) is 9.59 Å². The van der Waals surface area contributed by atoms with Crippen LogP contribution >= 0.6 is 11.3 Å². The summed E-state index contributed by atoms with van der Waals surface area (Å²) in [5.74, 6) is 0.564. The number of carbonyl (C=O) groups is 1. The highest BCUT2D eigenvalue weighted by atomic mass is 32.1. The number of thiazole rings is 1. The van der Waals surface area contributed by atoms with E-state index >= 15 is 0 Å². The van der Waals surface area contributed by atoms with E-state index < -0.39 is 0 Å². The van der Waals surface area contributed by atoms with E-state index in [-0.39, 0.29) is 17.6 Å². The molecule has 0 unspecified atom stereocenters. The van der Waals surface area contributed by atoms with Crippen LogP contribution in [0.2, 0.25) is 0 Å². The SMILES string of the molecule is Cc1cc(OC2CCN(C(=O)c3csc(-c4ccccc4)n3)CC2)cc(=O)n1C. The first-order chi connectivity index (χ1) is 14.0. The van der Waals surface area contributed by atoms with Gasteiger partial charge < -0.3 is 14.2 Å².